The van der Waals surface area contributed by atoms with E-state index in [0.717, 1.165) is 4.90 Å². The van der Waals surface area contributed by atoms with E-state index in [9.17, 15) is 14.0 Å². The number of imide groups is 1. The van der Waals surface area contributed by atoms with Gasteiger partial charge in [0.05, 0.1) is 6.04 Å². The van der Waals surface area contributed by atoms with Crippen molar-refractivity contribution in [1.29, 1.82) is 0 Å². The number of hydrogen-bond acceptors (Lipinski definition) is 4. The number of benzene rings is 1. The number of amides is 2. The summed E-state index contributed by atoms with van der Waals surface area (Å²) in [4.78, 5) is 24.4. The maximum absolute atomic E-state index is 13.7. The number of nitrogens with one attached hydrogen (secondary N) is 1. The molecule has 1 atom stereocenters. The molecule has 1 heterocycles. The van der Waals surface area contributed by atoms with Gasteiger partial charge in [0.15, 0.2) is 0 Å². The lowest BCUT2D eigenvalue weighted by Crippen LogP contribution is -2.49. The van der Waals surface area contributed by atoms with E-state index in [1.54, 1.807) is 25.2 Å². The van der Waals surface area contributed by atoms with Crippen molar-refractivity contribution >= 4 is 11.8 Å². The van der Waals surface area contributed by atoms with Crippen LogP contribution in [0.4, 0.5) is 4.39 Å². The van der Waals surface area contributed by atoms with Crippen LogP contribution in [-0.2, 0) is 14.3 Å². The van der Waals surface area contributed by atoms with E-state index < -0.39 is 17.9 Å². The number of ether oxygens (including phenoxy) is 1. The molecule has 1 saturated heterocycles. The highest BCUT2D eigenvalue weighted by Crippen LogP contribution is 2.18. The lowest BCUT2D eigenvalue weighted by Gasteiger charge is -2.29. The molecule has 0 radical (unpaired) electrons. The zero-order valence-electron chi connectivity index (χ0n) is 10.6. The van der Waals surface area contributed by atoms with Crippen molar-refractivity contribution in [3.05, 3.63) is 35.6 Å². The summed E-state index contributed by atoms with van der Waals surface area (Å²) in [6.45, 7) is -0.128. The van der Waals surface area contributed by atoms with Gasteiger partial charge in [-0.1, -0.05) is 18.2 Å². The van der Waals surface area contributed by atoms with Gasteiger partial charge >= 0.3 is 0 Å². The van der Waals surface area contributed by atoms with Crippen LogP contribution in [0, 0.1) is 5.82 Å². The third-order valence-electron chi connectivity index (χ3n) is 3.05. The molecule has 0 aliphatic carbocycles. The average molecular weight is 266 g/mol. The van der Waals surface area contributed by atoms with E-state index in [2.05, 4.69) is 5.32 Å². The summed E-state index contributed by atoms with van der Waals surface area (Å²) in [5.74, 6) is -1.16. The van der Waals surface area contributed by atoms with Crippen LogP contribution >= 0.6 is 0 Å². The predicted molar refractivity (Wildman–Crippen MR) is 65.7 cm³/mol. The second kappa shape index (κ2) is 5.90. The number of halogens is 1. The molecular formula is C13H15FN2O3. The first kappa shape index (κ1) is 13.6. The highest BCUT2D eigenvalue weighted by molar-refractivity contribution is 5.98. The van der Waals surface area contributed by atoms with Gasteiger partial charge in [-0.15, -0.1) is 0 Å². The van der Waals surface area contributed by atoms with Crippen LogP contribution in [0.5, 0.6) is 0 Å². The molecule has 2 rings (SSSR count). The van der Waals surface area contributed by atoms with Crippen LogP contribution in [0.1, 0.15) is 11.6 Å². The van der Waals surface area contributed by atoms with Crippen LogP contribution in [0.3, 0.4) is 0 Å². The molecule has 1 aliphatic rings. The summed E-state index contributed by atoms with van der Waals surface area (Å²) in [6.07, 6.45) is 0. The maximum Gasteiger partial charge on any atom is 0.255 e. The van der Waals surface area contributed by atoms with Crippen molar-refractivity contribution < 1.29 is 18.7 Å². The van der Waals surface area contributed by atoms with E-state index >= 15 is 0 Å². The van der Waals surface area contributed by atoms with Crippen LogP contribution in [-0.4, -0.2) is 43.5 Å². The average Bonchev–Trinajstić information content (AvgIpc) is 2.40. The first-order valence-corrected chi connectivity index (χ1v) is 5.96. The SMILES string of the molecule is CNC(CN1C(=O)COCC1=O)c1ccccc1F. The highest BCUT2D eigenvalue weighted by atomic mass is 19.1. The van der Waals surface area contributed by atoms with Crippen LogP contribution in [0.25, 0.3) is 0 Å². The van der Waals surface area contributed by atoms with Crippen molar-refractivity contribution in [3.8, 4) is 0 Å². The highest BCUT2D eigenvalue weighted by Gasteiger charge is 2.29. The molecule has 0 bridgehead atoms. The minimum Gasteiger partial charge on any atom is -0.362 e. The van der Waals surface area contributed by atoms with E-state index in [4.69, 9.17) is 4.74 Å². The van der Waals surface area contributed by atoms with Gasteiger partial charge in [0.2, 0.25) is 0 Å². The van der Waals surface area contributed by atoms with E-state index in [1.165, 1.54) is 6.07 Å². The fourth-order valence-electron chi connectivity index (χ4n) is 2.01. The van der Waals surface area contributed by atoms with Gasteiger partial charge < -0.3 is 10.1 Å². The zero-order valence-corrected chi connectivity index (χ0v) is 10.6. The molecule has 0 spiro atoms. The Labute approximate surface area is 110 Å². The molecule has 1 aromatic carbocycles. The van der Waals surface area contributed by atoms with E-state index in [0.29, 0.717) is 5.56 Å². The predicted octanol–water partition coefficient (Wildman–Crippen LogP) is 0.472. The summed E-state index contributed by atoms with van der Waals surface area (Å²) in [5.41, 5.74) is 0.428. The summed E-state index contributed by atoms with van der Waals surface area (Å²) in [6, 6.07) is 5.85. The summed E-state index contributed by atoms with van der Waals surface area (Å²) in [5, 5.41) is 2.92. The molecule has 102 valence electrons. The molecule has 1 unspecified atom stereocenters. The molecule has 19 heavy (non-hydrogen) atoms. The van der Waals surface area contributed by atoms with Crippen molar-refractivity contribution in [2.75, 3.05) is 26.8 Å². The molecule has 0 saturated carbocycles. The van der Waals surface area contributed by atoms with Crippen molar-refractivity contribution in [2.24, 2.45) is 0 Å². The van der Waals surface area contributed by atoms with Crippen molar-refractivity contribution in [1.82, 2.24) is 10.2 Å². The van der Waals surface area contributed by atoms with Crippen LogP contribution in [0.15, 0.2) is 24.3 Å². The van der Waals surface area contributed by atoms with Gasteiger partial charge in [-0.25, -0.2) is 4.39 Å². The minimum atomic E-state index is -0.438. The largest absolute Gasteiger partial charge is 0.362 e. The second-order valence-corrected chi connectivity index (χ2v) is 4.25. The Bertz CT molecular complexity index is 477. The molecule has 0 aromatic heterocycles. The Morgan fingerprint density at radius 2 is 1.95 bits per heavy atom. The third-order valence-corrected chi connectivity index (χ3v) is 3.05. The molecular weight excluding hydrogens is 251 g/mol. The van der Waals surface area contributed by atoms with Gasteiger partial charge in [0.1, 0.15) is 19.0 Å². The molecule has 5 nitrogen and oxygen atoms in total. The molecule has 6 heteroatoms. The fourth-order valence-corrected chi connectivity index (χ4v) is 2.01. The molecule has 2 amide bonds. The van der Waals surface area contributed by atoms with Crippen LogP contribution in [0.2, 0.25) is 0 Å². The summed E-state index contributed by atoms with van der Waals surface area (Å²) in [7, 11) is 1.66. The van der Waals surface area contributed by atoms with Crippen molar-refractivity contribution in [2.45, 2.75) is 6.04 Å². The zero-order chi connectivity index (χ0) is 13.8. The number of carbonyl (C=O) groups is 2. The number of rotatable bonds is 4. The molecule has 1 aliphatic heterocycles. The lowest BCUT2D eigenvalue weighted by atomic mass is 10.1. The molecule has 1 aromatic rings. The number of hydrogen-bond donors (Lipinski definition) is 1. The van der Waals surface area contributed by atoms with Gasteiger partial charge in [0.25, 0.3) is 11.8 Å². The fraction of sp³-hybridized carbons (Fsp3) is 0.385. The van der Waals surface area contributed by atoms with Gasteiger partial charge in [-0.05, 0) is 13.1 Å². The Kier molecular flexibility index (Phi) is 4.24. The maximum atomic E-state index is 13.7. The van der Waals surface area contributed by atoms with Crippen LogP contribution < -0.4 is 5.32 Å². The first-order valence-electron chi connectivity index (χ1n) is 5.96. The van der Waals surface area contributed by atoms with Gasteiger partial charge in [-0.3, -0.25) is 14.5 Å². The number of carbonyl (C=O) groups excluding carboxylic acids is 2. The lowest BCUT2D eigenvalue weighted by molar-refractivity contribution is -0.158. The van der Waals surface area contributed by atoms with E-state index in [-0.39, 0.29) is 25.6 Å². The minimum absolute atomic E-state index is 0.0957. The second-order valence-electron chi connectivity index (χ2n) is 4.25. The molecule has 1 N–H and O–H groups in total. The standard InChI is InChI=1S/C13H15FN2O3/c1-15-11(9-4-2-3-5-10(9)14)6-16-12(17)7-19-8-13(16)18/h2-5,11,15H,6-8H2,1H3. The van der Waals surface area contributed by atoms with E-state index in [1.807, 2.05) is 0 Å². The Hall–Kier alpha value is -1.79. The Morgan fingerprint density at radius 1 is 1.32 bits per heavy atom. The number of morpholine rings is 1. The smallest absolute Gasteiger partial charge is 0.255 e. The monoisotopic (exact) mass is 266 g/mol. The Balaban J connectivity index is 2.17. The van der Waals surface area contributed by atoms with Crippen molar-refractivity contribution in [3.63, 3.8) is 0 Å². The number of nitrogens with zero attached hydrogens (tertiary/aromatic N) is 1. The Morgan fingerprint density at radius 3 is 2.53 bits per heavy atom. The first-order chi connectivity index (χ1) is 9.13. The number of likely N-dealkylation sites (N-methyl/N-ethyl adjacent to an activating group) is 1. The molecule has 1 fully saturated rings. The normalized spacial score (nSPS) is 17.7. The third kappa shape index (κ3) is 2.97. The topological polar surface area (TPSA) is 58.6 Å². The van der Waals surface area contributed by atoms with Gasteiger partial charge in [0, 0.05) is 12.1 Å². The summed E-state index contributed by atoms with van der Waals surface area (Å²) >= 11 is 0. The summed E-state index contributed by atoms with van der Waals surface area (Å²) < 4.78 is 18.6. The van der Waals surface area contributed by atoms with Gasteiger partial charge in [-0.2, -0.15) is 0 Å². The quantitative estimate of drug-likeness (QED) is 0.805.